The first-order chi connectivity index (χ1) is 5.85. The lowest BCUT2D eigenvalue weighted by Gasteiger charge is -2.20. The molecule has 0 rings (SSSR count). The molecule has 0 aromatic heterocycles. The molecule has 74 valence electrons. The van der Waals surface area contributed by atoms with Gasteiger partial charge in [-0.3, -0.25) is 0 Å². The van der Waals surface area contributed by atoms with Gasteiger partial charge in [-0.15, -0.1) is 0 Å². The van der Waals surface area contributed by atoms with Crippen molar-refractivity contribution in [2.75, 3.05) is 0 Å². The molecule has 0 aromatic carbocycles. The number of rotatable bonds is 4. The van der Waals surface area contributed by atoms with Crippen molar-refractivity contribution in [1.82, 2.24) is 5.32 Å². The Hall–Kier alpha value is -1.29. The molecular weight excluding hydrogens is 171 g/mol. The second-order valence-corrected chi connectivity index (χ2v) is 3.09. The van der Waals surface area contributed by atoms with Crippen molar-refractivity contribution < 1.29 is 9.50 Å². The quantitative estimate of drug-likeness (QED) is 0.456. The van der Waals surface area contributed by atoms with Gasteiger partial charge in [0.25, 0.3) is 0 Å². The fourth-order valence-electron chi connectivity index (χ4n) is 0.670. The van der Waals surface area contributed by atoms with E-state index in [1.54, 1.807) is 13.8 Å². The molecule has 0 heterocycles. The zero-order chi connectivity index (χ0) is 10.5. The van der Waals surface area contributed by atoms with Crippen LogP contribution in [0.1, 0.15) is 13.8 Å². The van der Waals surface area contributed by atoms with Crippen LogP contribution in [0.3, 0.4) is 0 Å². The van der Waals surface area contributed by atoms with Gasteiger partial charge in [-0.25, -0.2) is 4.39 Å². The molecule has 0 radical (unpaired) electrons. The number of aliphatic hydroxyl groups is 1. The van der Waals surface area contributed by atoms with Crippen molar-refractivity contribution in [2.45, 2.75) is 19.6 Å². The second kappa shape index (κ2) is 4.67. The molecule has 0 fully saturated rings. The average Bonchev–Trinajstić information content (AvgIpc) is 1.97. The van der Waals surface area contributed by atoms with Gasteiger partial charge < -0.3 is 16.2 Å². The van der Waals surface area contributed by atoms with E-state index in [9.17, 15) is 9.50 Å². The summed E-state index contributed by atoms with van der Waals surface area (Å²) in [5.74, 6) is -0.557. The maximum atomic E-state index is 12.4. The van der Waals surface area contributed by atoms with E-state index in [0.29, 0.717) is 5.70 Å². The monoisotopic (exact) mass is 186 g/mol. The third-order valence-electron chi connectivity index (χ3n) is 1.07. The van der Waals surface area contributed by atoms with Crippen molar-refractivity contribution in [3.63, 3.8) is 0 Å². The Morgan fingerprint density at radius 2 is 2.08 bits per heavy atom. The van der Waals surface area contributed by atoms with Gasteiger partial charge in [-0.2, -0.15) is 0 Å². The lowest BCUT2D eigenvalue weighted by Crippen LogP contribution is -2.37. The predicted molar refractivity (Wildman–Crippen MR) is 51.1 cm³/mol. The van der Waals surface area contributed by atoms with Crippen LogP contribution in [-0.2, 0) is 0 Å². The van der Waals surface area contributed by atoms with Crippen molar-refractivity contribution in [3.8, 4) is 0 Å². The molecule has 13 heavy (non-hydrogen) atoms. The molecule has 4 N–H and O–H groups in total. The molecule has 0 saturated carbocycles. The molecule has 0 aliphatic heterocycles. The Balaban J connectivity index is 4.10. The van der Waals surface area contributed by atoms with E-state index in [0.717, 1.165) is 12.3 Å². The van der Waals surface area contributed by atoms with E-state index in [2.05, 4.69) is 11.9 Å². The molecule has 0 amide bonds. The fourth-order valence-corrected chi connectivity index (χ4v) is 0.670. The first-order valence-electron chi connectivity index (χ1n) is 3.80. The molecule has 0 aliphatic carbocycles. The largest absolute Gasteiger partial charge is 0.402 e. The number of hydrogen-bond acceptors (Lipinski definition) is 3. The molecule has 4 heteroatoms. The minimum Gasteiger partial charge on any atom is -0.402 e. The van der Waals surface area contributed by atoms with Crippen LogP contribution in [0, 0.1) is 0 Å². The lowest BCUT2D eigenvalue weighted by atomic mass is 10.3. The van der Waals surface area contributed by atoms with Crippen LogP contribution < -0.4 is 11.1 Å². The topological polar surface area (TPSA) is 58.3 Å². The molecule has 0 unspecified atom stereocenters. The number of hydrogen-bond donors (Lipinski definition) is 3. The summed E-state index contributed by atoms with van der Waals surface area (Å²) in [5.41, 5.74) is 4.24. The van der Waals surface area contributed by atoms with Gasteiger partial charge >= 0.3 is 0 Å². The van der Waals surface area contributed by atoms with Gasteiger partial charge in [0, 0.05) is 11.9 Å². The zero-order valence-electron chi connectivity index (χ0n) is 7.84. The summed E-state index contributed by atoms with van der Waals surface area (Å²) in [6.45, 7) is 6.67. The molecule has 0 atom stereocenters. The van der Waals surface area contributed by atoms with E-state index in [1.807, 2.05) is 0 Å². The van der Waals surface area contributed by atoms with Crippen LogP contribution in [0.4, 0.5) is 4.39 Å². The van der Waals surface area contributed by atoms with Crippen LogP contribution >= 0.6 is 0 Å². The summed E-state index contributed by atoms with van der Waals surface area (Å²) in [7, 11) is 0. The standard InChI is InChI=1S/C9H15FN2O/c1-7(12-9(2,3)13)4-5-8(10)6-11/h4-6,12-13H,1,11H2,2-3H3/b5-4-,8-6+. The minimum absolute atomic E-state index is 0.407. The van der Waals surface area contributed by atoms with Gasteiger partial charge in [0.1, 0.15) is 11.6 Å². The highest BCUT2D eigenvalue weighted by molar-refractivity contribution is 5.21. The van der Waals surface area contributed by atoms with Crippen LogP contribution in [0.15, 0.2) is 36.5 Å². The first kappa shape index (κ1) is 11.7. The molecule has 0 saturated heterocycles. The van der Waals surface area contributed by atoms with E-state index in [1.165, 1.54) is 6.08 Å². The number of nitrogens with two attached hydrogens (primary N) is 1. The van der Waals surface area contributed by atoms with Crippen molar-refractivity contribution in [2.24, 2.45) is 5.73 Å². The maximum absolute atomic E-state index is 12.4. The third kappa shape index (κ3) is 7.08. The van der Waals surface area contributed by atoms with Crippen LogP contribution in [-0.4, -0.2) is 10.8 Å². The van der Waals surface area contributed by atoms with E-state index >= 15 is 0 Å². The normalized spacial score (nSPS) is 13.4. The third-order valence-corrected chi connectivity index (χ3v) is 1.07. The van der Waals surface area contributed by atoms with E-state index < -0.39 is 11.6 Å². The summed E-state index contributed by atoms with van der Waals surface area (Å²) in [6.07, 6.45) is 3.38. The highest BCUT2D eigenvalue weighted by atomic mass is 19.1. The van der Waals surface area contributed by atoms with Crippen molar-refractivity contribution in [3.05, 3.63) is 36.5 Å². The van der Waals surface area contributed by atoms with Gasteiger partial charge in [0.15, 0.2) is 0 Å². The smallest absolute Gasteiger partial charge is 0.138 e. The molecule has 0 aromatic rings. The lowest BCUT2D eigenvalue weighted by molar-refractivity contribution is 0.0559. The number of nitrogens with one attached hydrogen (secondary N) is 1. The Morgan fingerprint density at radius 1 is 1.54 bits per heavy atom. The number of allylic oxidation sites excluding steroid dienone is 3. The SMILES string of the molecule is C=C(/C=C\C(F)=C/N)NC(C)(C)O. The zero-order valence-corrected chi connectivity index (χ0v) is 7.84. The molecule has 0 aliphatic rings. The van der Waals surface area contributed by atoms with Crippen LogP contribution in [0.5, 0.6) is 0 Å². The summed E-state index contributed by atoms with van der Waals surface area (Å²) < 4.78 is 12.4. The molecule has 0 bridgehead atoms. The fraction of sp³-hybridized carbons (Fsp3) is 0.333. The Bertz CT molecular complexity index is 238. The summed E-state index contributed by atoms with van der Waals surface area (Å²) in [4.78, 5) is 0. The van der Waals surface area contributed by atoms with E-state index in [-0.39, 0.29) is 0 Å². The van der Waals surface area contributed by atoms with Crippen molar-refractivity contribution in [1.29, 1.82) is 0 Å². The Morgan fingerprint density at radius 3 is 2.46 bits per heavy atom. The van der Waals surface area contributed by atoms with Gasteiger partial charge in [0.05, 0.1) is 0 Å². The van der Waals surface area contributed by atoms with Crippen molar-refractivity contribution >= 4 is 0 Å². The Labute approximate surface area is 77.4 Å². The number of halogens is 1. The summed E-state index contributed by atoms with van der Waals surface area (Å²) in [6, 6.07) is 0. The highest BCUT2D eigenvalue weighted by Gasteiger charge is 2.09. The molecule has 0 spiro atoms. The molecule has 3 nitrogen and oxygen atoms in total. The van der Waals surface area contributed by atoms with Gasteiger partial charge in [-0.1, -0.05) is 6.58 Å². The first-order valence-corrected chi connectivity index (χ1v) is 3.80. The van der Waals surface area contributed by atoms with Crippen LogP contribution in [0.25, 0.3) is 0 Å². The van der Waals surface area contributed by atoms with Gasteiger partial charge in [0.2, 0.25) is 0 Å². The highest BCUT2D eigenvalue weighted by Crippen LogP contribution is 2.02. The van der Waals surface area contributed by atoms with E-state index in [4.69, 9.17) is 5.73 Å². The average molecular weight is 186 g/mol. The van der Waals surface area contributed by atoms with Crippen LogP contribution in [0.2, 0.25) is 0 Å². The molecular formula is C9H15FN2O. The summed E-state index contributed by atoms with van der Waals surface area (Å²) >= 11 is 0. The second-order valence-electron chi connectivity index (χ2n) is 3.09. The van der Waals surface area contributed by atoms with Gasteiger partial charge in [-0.05, 0) is 26.0 Å². The maximum Gasteiger partial charge on any atom is 0.138 e. The minimum atomic E-state index is -1.07. The Kier molecular flexibility index (Phi) is 4.20. The predicted octanol–water partition coefficient (Wildman–Crippen LogP) is 1.14. The summed E-state index contributed by atoms with van der Waals surface area (Å²) in [5, 5.41) is 11.9.